The maximum Gasteiger partial charge on any atom is 0.253 e. The van der Waals surface area contributed by atoms with Crippen molar-refractivity contribution in [2.75, 3.05) is 26.2 Å². The SMILES string of the molecule is CC1CC(C)CN(C(=O)c2ccc(Oc3c(F)c(F)c(Oc4ccc(C(=O)N5CC(C)CC(C)C5)cc4)c(F)c3F)cc2)C1. The molecule has 6 nitrogen and oxygen atoms in total. The van der Waals surface area contributed by atoms with E-state index in [-0.39, 0.29) is 23.3 Å². The van der Waals surface area contributed by atoms with Crippen LogP contribution in [0, 0.1) is 46.9 Å². The van der Waals surface area contributed by atoms with E-state index in [0.717, 1.165) is 12.8 Å². The van der Waals surface area contributed by atoms with Crippen LogP contribution in [-0.2, 0) is 0 Å². The van der Waals surface area contributed by atoms with E-state index < -0.39 is 34.8 Å². The fourth-order valence-electron chi connectivity index (χ4n) is 6.36. The van der Waals surface area contributed by atoms with Gasteiger partial charge < -0.3 is 19.3 Å². The highest BCUT2D eigenvalue weighted by atomic mass is 19.2. The second-order valence-electron chi connectivity index (χ2n) is 12.5. The molecule has 4 unspecified atom stereocenters. The number of amides is 2. The van der Waals surface area contributed by atoms with Crippen LogP contribution in [0.15, 0.2) is 48.5 Å². The molecule has 0 radical (unpaired) electrons. The molecule has 3 aromatic rings. The number of carbonyl (C=O) groups excluding carboxylic acids is 2. The van der Waals surface area contributed by atoms with E-state index >= 15 is 0 Å². The minimum Gasteiger partial charge on any atom is -0.451 e. The van der Waals surface area contributed by atoms with Crippen molar-refractivity contribution in [3.8, 4) is 23.0 Å². The van der Waals surface area contributed by atoms with Crippen LogP contribution in [0.3, 0.4) is 0 Å². The molecule has 0 aromatic heterocycles. The predicted octanol–water partition coefficient (Wildman–Crippen LogP) is 8.06. The van der Waals surface area contributed by atoms with Crippen LogP contribution >= 0.6 is 0 Å². The monoisotopic (exact) mass is 612 g/mol. The van der Waals surface area contributed by atoms with E-state index in [4.69, 9.17) is 9.47 Å². The van der Waals surface area contributed by atoms with Crippen molar-refractivity contribution in [3.63, 3.8) is 0 Å². The number of piperidine rings is 2. The Morgan fingerprint density at radius 2 is 0.818 bits per heavy atom. The fourth-order valence-corrected chi connectivity index (χ4v) is 6.36. The van der Waals surface area contributed by atoms with Crippen molar-refractivity contribution in [2.24, 2.45) is 23.7 Å². The van der Waals surface area contributed by atoms with Crippen LogP contribution < -0.4 is 9.47 Å². The zero-order valence-corrected chi connectivity index (χ0v) is 25.2. The Balaban J connectivity index is 1.28. The van der Waals surface area contributed by atoms with Crippen molar-refractivity contribution >= 4 is 11.8 Å². The second kappa shape index (κ2) is 12.9. The summed E-state index contributed by atoms with van der Waals surface area (Å²) in [4.78, 5) is 29.4. The molecule has 2 aliphatic heterocycles. The summed E-state index contributed by atoms with van der Waals surface area (Å²) in [6.45, 7) is 10.9. The molecule has 2 saturated heterocycles. The Bertz CT molecular complexity index is 1370. The third kappa shape index (κ3) is 6.69. The summed E-state index contributed by atoms with van der Waals surface area (Å²) < 4.78 is 70.2. The Labute approximate surface area is 254 Å². The van der Waals surface area contributed by atoms with Gasteiger partial charge in [0.1, 0.15) is 11.5 Å². The van der Waals surface area contributed by atoms with Crippen molar-refractivity contribution < 1.29 is 36.6 Å². The highest BCUT2D eigenvalue weighted by molar-refractivity contribution is 5.95. The van der Waals surface area contributed by atoms with Gasteiger partial charge in [-0.2, -0.15) is 17.6 Å². The summed E-state index contributed by atoms with van der Waals surface area (Å²) in [6.07, 6.45) is 2.07. The molecule has 4 atom stereocenters. The van der Waals surface area contributed by atoms with Gasteiger partial charge in [-0.05, 0) is 85.0 Å². The third-order valence-corrected chi connectivity index (χ3v) is 8.14. The smallest absolute Gasteiger partial charge is 0.253 e. The minimum absolute atomic E-state index is 0.120. The van der Waals surface area contributed by atoms with Crippen LogP contribution in [0.4, 0.5) is 17.6 Å². The second-order valence-corrected chi connectivity index (χ2v) is 12.5. The number of benzene rings is 3. The van der Waals surface area contributed by atoms with E-state index in [1.807, 2.05) is 0 Å². The molecule has 0 bridgehead atoms. The maximum absolute atomic E-state index is 15.0. The first-order valence-corrected chi connectivity index (χ1v) is 14.9. The van der Waals surface area contributed by atoms with Crippen LogP contribution in [-0.4, -0.2) is 47.8 Å². The number of nitrogens with zero attached hydrogens (tertiary/aromatic N) is 2. The molecule has 2 amide bonds. The molecular weight excluding hydrogens is 576 g/mol. The summed E-state index contributed by atoms with van der Waals surface area (Å²) in [5.41, 5.74) is 0.710. The van der Waals surface area contributed by atoms with Crippen LogP contribution in [0.2, 0.25) is 0 Å². The summed E-state index contributed by atoms with van der Waals surface area (Å²) in [7, 11) is 0. The lowest BCUT2D eigenvalue weighted by atomic mass is 9.91. The highest BCUT2D eigenvalue weighted by Gasteiger charge is 2.30. The number of carbonyl (C=O) groups is 2. The molecule has 5 rings (SSSR count). The van der Waals surface area contributed by atoms with Gasteiger partial charge in [-0.15, -0.1) is 0 Å². The predicted molar refractivity (Wildman–Crippen MR) is 157 cm³/mol. The lowest BCUT2D eigenvalue weighted by molar-refractivity contribution is 0.0617. The zero-order chi connectivity index (χ0) is 31.7. The van der Waals surface area contributed by atoms with Gasteiger partial charge in [0.25, 0.3) is 11.8 Å². The first-order valence-electron chi connectivity index (χ1n) is 14.9. The number of likely N-dealkylation sites (tertiary alicyclic amines) is 2. The van der Waals surface area contributed by atoms with Gasteiger partial charge in [-0.25, -0.2) is 0 Å². The number of rotatable bonds is 6. The summed E-state index contributed by atoms with van der Waals surface area (Å²) in [6, 6.07) is 10.9. The Hall–Kier alpha value is -4.08. The number of hydrogen-bond donors (Lipinski definition) is 0. The van der Waals surface area contributed by atoms with Crippen molar-refractivity contribution in [1.82, 2.24) is 9.80 Å². The average molecular weight is 613 g/mol. The number of hydrogen-bond acceptors (Lipinski definition) is 4. The normalized spacial score (nSPS) is 22.1. The van der Waals surface area contributed by atoms with E-state index in [9.17, 15) is 27.2 Å². The molecule has 0 aliphatic carbocycles. The zero-order valence-electron chi connectivity index (χ0n) is 25.2. The van der Waals surface area contributed by atoms with Crippen LogP contribution in [0.25, 0.3) is 0 Å². The number of ether oxygens (including phenoxy) is 2. The molecule has 0 spiro atoms. The highest BCUT2D eigenvalue weighted by Crippen LogP contribution is 2.39. The largest absolute Gasteiger partial charge is 0.451 e. The molecular formula is C34H36F4N2O4. The molecule has 10 heteroatoms. The lowest BCUT2D eigenvalue weighted by Gasteiger charge is -2.35. The molecule has 0 saturated carbocycles. The van der Waals surface area contributed by atoms with Crippen molar-refractivity contribution in [1.29, 1.82) is 0 Å². The van der Waals surface area contributed by atoms with Gasteiger partial charge in [0.05, 0.1) is 0 Å². The number of halogens is 4. The van der Waals surface area contributed by atoms with Crippen molar-refractivity contribution in [3.05, 3.63) is 82.9 Å². The van der Waals surface area contributed by atoms with Gasteiger partial charge in [0.2, 0.25) is 34.8 Å². The van der Waals surface area contributed by atoms with Crippen LogP contribution in [0.5, 0.6) is 23.0 Å². The standard InChI is InChI=1S/C34H36F4N2O4/c1-19-13-20(2)16-39(15-19)33(41)23-5-9-25(10-6-23)43-31-27(35)29(37)32(30(38)28(31)36)44-26-11-7-24(8-12-26)34(42)40-17-21(3)14-22(4)18-40/h5-12,19-22H,13-18H2,1-4H3. The Morgan fingerprint density at radius 1 is 0.545 bits per heavy atom. The topological polar surface area (TPSA) is 59.1 Å². The minimum atomic E-state index is -1.78. The van der Waals surface area contributed by atoms with E-state index in [1.54, 1.807) is 9.80 Å². The Morgan fingerprint density at radius 3 is 1.09 bits per heavy atom. The summed E-state index contributed by atoms with van der Waals surface area (Å²) in [5.74, 6) is -8.82. The van der Waals surface area contributed by atoms with Gasteiger partial charge in [0.15, 0.2) is 0 Å². The molecule has 2 heterocycles. The molecule has 2 aliphatic rings. The van der Waals surface area contributed by atoms with Crippen LogP contribution in [0.1, 0.15) is 61.3 Å². The maximum atomic E-state index is 15.0. The lowest BCUT2D eigenvalue weighted by Crippen LogP contribution is -2.42. The molecule has 0 N–H and O–H groups in total. The van der Waals surface area contributed by atoms with Gasteiger partial charge in [-0.3, -0.25) is 9.59 Å². The van der Waals surface area contributed by atoms with Gasteiger partial charge in [-0.1, -0.05) is 27.7 Å². The third-order valence-electron chi connectivity index (χ3n) is 8.14. The average Bonchev–Trinajstić information content (AvgIpc) is 2.99. The quantitative estimate of drug-likeness (QED) is 0.209. The first kappa shape index (κ1) is 31.3. The summed E-state index contributed by atoms with van der Waals surface area (Å²) in [5, 5.41) is 0. The van der Waals surface area contributed by atoms with E-state index in [2.05, 4.69) is 27.7 Å². The van der Waals surface area contributed by atoms with E-state index in [1.165, 1.54) is 48.5 Å². The van der Waals surface area contributed by atoms with Gasteiger partial charge in [0, 0.05) is 37.3 Å². The van der Waals surface area contributed by atoms with E-state index in [0.29, 0.717) is 61.0 Å². The fraction of sp³-hybridized carbons (Fsp3) is 0.412. The van der Waals surface area contributed by atoms with Crippen molar-refractivity contribution in [2.45, 2.75) is 40.5 Å². The molecule has 234 valence electrons. The first-order chi connectivity index (χ1) is 20.9. The molecule has 2 fully saturated rings. The Kier molecular flexibility index (Phi) is 9.18. The molecule has 3 aromatic carbocycles. The molecule has 44 heavy (non-hydrogen) atoms. The van der Waals surface area contributed by atoms with Gasteiger partial charge >= 0.3 is 0 Å². The summed E-state index contributed by atoms with van der Waals surface area (Å²) >= 11 is 0.